The number of carboxylic acid groups (broad SMARTS) is 8. The van der Waals surface area contributed by atoms with Crippen LogP contribution in [0.3, 0.4) is 0 Å². The minimum absolute atomic E-state index is 0. The Balaban J connectivity index is 0.0000480. The molecule has 0 radical (unpaired) electrons. The molecular formula is C60H92FLuN12O23Si. The van der Waals surface area contributed by atoms with Crippen molar-refractivity contribution >= 4 is 103 Å². The fraction of sp³-hybridized carbons (Fsp3) is 0.650. The molecule has 2 rings (SSSR count). The second-order valence-electron chi connectivity index (χ2n) is 25.4. The molecule has 1 aromatic rings. The van der Waals surface area contributed by atoms with E-state index in [1.165, 1.54) is 43.9 Å². The molecule has 0 aliphatic carbocycles. The van der Waals surface area contributed by atoms with E-state index in [1.54, 1.807) is 0 Å². The zero-order chi connectivity index (χ0) is 73.4. The largest absolute Gasteiger partial charge is 3.00 e. The predicted molar refractivity (Wildman–Crippen MR) is 336 cm³/mol. The van der Waals surface area contributed by atoms with Crippen LogP contribution in [0.5, 0.6) is 0 Å². The van der Waals surface area contributed by atoms with Gasteiger partial charge in [-0.3, -0.25) is 53.2 Å². The van der Waals surface area contributed by atoms with Gasteiger partial charge in [0.1, 0.15) is 30.2 Å². The van der Waals surface area contributed by atoms with E-state index in [1.807, 2.05) is 52.2 Å². The van der Waals surface area contributed by atoms with E-state index < -0.39 is 196 Å². The molecule has 0 aromatic heterocycles. The van der Waals surface area contributed by atoms with Crippen molar-refractivity contribution in [3.63, 3.8) is 0 Å². The number of nitrogens with zero attached hydrogens (tertiary/aromatic N) is 4. The van der Waals surface area contributed by atoms with Crippen molar-refractivity contribution in [1.82, 2.24) is 62.1 Å². The van der Waals surface area contributed by atoms with Crippen molar-refractivity contribution in [3.8, 4) is 0 Å². The second-order valence-corrected chi connectivity index (χ2v) is 30.2. The van der Waals surface area contributed by atoms with Gasteiger partial charge in [0.25, 0.3) is 14.3 Å². The molecule has 1 aromatic carbocycles. The first-order valence-electron chi connectivity index (χ1n) is 31.4. The number of rotatable bonds is 40. The molecule has 1 saturated heterocycles. The predicted octanol–water partition coefficient (Wildman–Crippen LogP) is -5.95. The molecule has 556 valence electrons. The third-order valence-corrected chi connectivity index (χ3v) is 20.9. The molecule has 0 saturated carbocycles. The van der Waals surface area contributed by atoms with E-state index in [-0.39, 0.29) is 153 Å². The minimum Gasteiger partial charge on any atom is -0.549 e. The molecule has 1 heterocycles. The van der Waals surface area contributed by atoms with Crippen LogP contribution >= 0.6 is 0 Å². The summed E-state index contributed by atoms with van der Waals surface area (Å²) in [6, 6.07) is -3.53. The summed E-state index contributed by atoms with van der Waals surface area (Å²) in [5, 5.41) is 100.0. The Morgan fingerprint density at radius 1 is 0.449 bits per heavy atom. The molecule has 13 N–H and O–H groups in total. The SMILES string of the molecule is CC(C)(C)[Si](F)(c1ccc(C(=O)NC[C@@H](NC(=O)CN2CCN(CC(=O)[O-])CCN(CC(=O)[O-])CCN(CC(=O)[O-])CC2)C(=O)N[C@H](CCCCNC(=O)CCC(=O)NCCC[C@@H](NC(=O)CC[C@H](NC(=O)N[C@@H](CCC(=O)O)C(=O)O)C(=O)O)C(=O)O)C(=O)O)cc1)C(C)(C)C.[177Lu+3]. The maximum absolute atomic E-state index is 17.1. The van der Waals surface area contributed by atoms with Crippen molar-refractivity contribution in [2.24, 2.45) is 0 Å². The number of carbonyl (C=O) groups is 15. The number of hydrogen-bond donors (Lipinski definition) is 13. The number of amides is 8. The Hall–Kier alpha value is -7.71. The fourth-order valence-electron chi connectivity index (χ4n) is 10.7. The third kappa shape index (κ3) is 33.7. The molecule has 0 bridgehead atoms. The summed E-state index contributed by atoms with van der Waals surface area (Å²) in [7, 11) is -3.75. The van der Waals surface area contributed by atoms with Gasteiger partial charge in [-0.1, -0.05) is 53.7 Å². The Bertz CT molecular complexity index is 2880. The van der Waals surface area contributed by atoms with Crippen molar-refractivity contribution in [3.05, 3.63) is 29.8 Å². The minimum atomic E-state index is -3.75. The van der Waals surface area contributed by atoms with Crippen LogP contribution < -0.4 is 63.0 Å². The first-order valence-corrected chi connectivity index (χ1v) is 33.3. The van der Waals surface area contributed by atoms with Crippen LogP contribution in [0, 0.1) is 36.9 Å². The van der Waals surface area contributed by atoms with Gasteiger partial charge in [0.05, 0.1) is 24.5 Å². The van der Waals surface area contributed by atoms with Gasteiger partial charge in [-0.2, -0.15) is 0 Å². The van der Waals surface area contributed by atoms with Crippen LogP contribution in [0.4, 0.5) is 8.90 Å². The van der Waals surface area contributed by atoms with Crippen molar-refractivity contribution in [2.45, 2.75) is 152 Å². The van der Waals surface area contributed by atoms with Gasteiger partial charge in [0, 0.05) is 123 Å². The van der Waals surface area contributed by atoms with Crippen LogP contribution in [0.1, 0.15) is 123 Å². The van der Waals surface area contributed by atoms with Gasteiger partial charge in [0.2, 0.25) is 29.5 Å². The molecule has 5 atom stereocenters. The smallest absolute Gasteiger partial charge is 0.549 e. The number of halogens is 1. The molecular weight excluding hydrogens is 1480 g/mol. The number of carbonyl (C=O) groups excluding carboxylic acids is 10. The van der Waals surface area contributed by atoms with Crippen LogP contribution in [-0.4, -0.2) is 271 Å². The van der Waals surface area contributed by atoms with Gasteiger partial charge in [-0.25, -0.2) is 24.0 Å². The molecule has 1 aliphatic rings. The van der Waals surface area contributed by atoms with E-state index in [9.17, 15) is 108 Å². The second kappa shape index (κ2) is 43.6. The molecule has 0 spiro atoms. The summed E-state index contributed by atoms with van der Waals surface area (Å²) < 4.78 is 17.1. The molecule has 1 aliphatic heterocycles. The van der Waals surface area contributed by atoms with Gasteiger partial charge < -0.3 is 102 Å². The normalized spacial score (nSPS) is 15.4. The van der Waals surface area contributed by atoms with Crippen molar-refractivity contribution < 1.29 is 154 Å². The first kappa shape index (κ1) is 88.3. The average Bonchev–Trinajstić information content (AvgIpc) is 0.749. The van der Waals surface area contributed by atoms with Crippen LogP contribution in [-0.2, 0) is 62.3 Å². The molecule has 1 fully saturated rings. The number of benzene rings is 1. The standard InChI is InChI=1S/C60H95FN12O23Si.Lu/c1-59(2,3)97(61,60(4,5)6)38-14-12-37(13-15-38)52(86)64-32-43(66-47(77)33-70-24-26-71(34-49(80)81)28-30-73(36-51(84)85)31-29-72(27-25-70)35-50(82)83)53(87)67-40(55(90)91)10-7-8-22-62-44(74)19-20-45(75)63-23-9-11-39(54(88)89)65-46(76)18-16-41(56(92)93)68-58(96)69-42(57(94)95)17-21-48(78)79;/h12-15,39-43H,7-11,16-36H2,1-6H3,(H,62,74)(H,63,75)(H,64,86)(H,65,76)(H,66,77)(H,67,87)(H,78,79)(H,80,81)(H,82,83)(H,84,85)(H,88,89)(H,90,91)(H,92,93)(H,94,95)(H2,68,69,96);/q;+3/p-3/t39-,40-,41+,42+,43-;/m1./s1/i;1+2. The summed E-state index contributed by atoms with van der Waals surface area (Å²) in [5.41, 5.74) is 0.0635. The average molecular weight is 1570 g/mol. The van der Waals surface area contributed by atoms with Gasteiger partial charge in [-0.15, -0.1) is 0 Å². The Morgan fingerprint density at radius 2 is 0.816 bits per heavy atom. The number of nitrogens with one attached hydrogen (secondary N) is 8. The summed E-state index contributed by atoms with van der Waals surface area (Å²) >= 11 is 0. The molecule has 0 unspecified atom stereocenters. The number of urea groups is 1. The summed E-state index contributed by atoms with van der Waals surface area (Å²) in [6.07, 6.45) is -3.09. The van der Waals surface area contributed by atoms with Crippen molar-refractivity contribution in [2.75, 3.05) is 98.2 Å². The molecule has 8 amide bonds. The van der Waals surface area contributed by atoms with E-state index >= 15 is 4.11 Å². The summed E-state index contributed by atoms with van der Waals surface area (Å²) in [4.78, 5) is 191. The Kier molecular flexibility index (Phi) is 39.3. The maximum atomic E-state index is 17.1. The third-order valence-electron chi connectivity index (χ3n) is 15.7. The van der Waals surface area contributed by atoms with E-state index in [0.29, 0.717) is 5.19 Å². The zero-order valence-electron chi connectivity index (χ0n) is 55.6. The summed E-state index contributed by atoms with van der Waals surface area (Å²) in [5.74, 6) is -16.6. The van der Waals surface area contributed by atoms with Gasteiger partial charge in [0.15, 0.2) is 0 Å². The van der Waals surface area contributed by atoms with Gasteiger partial charge in [-0.05, 0) is 72.3 Å². The Labute approximate surface area is 595 Å². The van der Waals surface area contributed by atoms with E-state index in [2.05, 4.69) is 31.9 Å². The van der Waals surface area contributed by atoms with E-state index in [4.69, 9.17) is 5.11 Å². The molecule has 35 nitrogen and oxygen atoms in total. The first-order chi connectivity index (χ1) is 45.2. The van der Waals surface area contributed by atoms with Crippen LogP contribution in [0.2, 0.25) is 10.1 Å². The Morgan fingerprint density at radius 3 is 1.21 bits per heavy atom. The monoisotopic (exact) mass is 1570 g/mol. The number of carboxylic acids is 8. The molecule has 38 heteroatoms. The number of aliphatic carboxylic acids is 8. The van der Waals surface area contributed by atoms with Crippen LogP contribution in [0.15, 0.2) is 24.3 Å². The van der Waals surface area contributed by atoms with Crippen LogP contribution in [0.25, 0.3) is 0 Å². The number of unbranched alkanes of at least 4 members (excludes halogenated alkanes) is 1. The quantitative estimate of drug-likeness (QED) is 0.0165. The van der Waals surface area contributed by atoms with E-state index in [0.717, 1.165) is 0 Å². The maximum Gasteiger partial charge on any atom is 3.00 e. The van der Waals surface area contributed by atoms with Gasteiger partial charge >= 0.3 is 72.8 Å². The fourth-order valence-corrected chi connectivity index (χ4v) is 15.3. The zero-order valence-corrected chi connectivity index (χ0v) is 58.2. The topological polar surface area (TPSA) is 536 Å². The number of hydrogen-bond acceptors (Lipinski definition) is 22. The molecule has 98 heavy (non-hydrogen) atoms. The summed E-state index contributed by atoms with van der Waals surface area (Å²) in [6.45, 7) is 7.97. The van der Waals surface area contributed by atoms with Crippen molar-refractivity contribution in [1.29, 1.82) is 0 Å².